The van der Waals surface area contributed by atoms with Crippen LogP contribution in [0.25, 0.3) is 10.9 Å². The predicted molar refractivity (Wildman–Crippen MR) is 77.0 cm³/mol. The lowest BCUT2D eigenvalue weighted by Crippen LogP contribution is -2.31. The average molecular weight is 271 g/mol. The number of carbonyl (C=O) groups is 1. The molecule has 20 heavy (non-hydrogen) atoms. The van der Waals surface area contributed by atoms with E-state index in [1.165, 1.54) is 13.3 Å². The van der Waals surface area contributed by atoms with Crippen LogP contribution in [0.4, 0.5) is 10.5 Å². The Balaban J connectivity index is 2.36. The molecule has 0 saturated heterocycles. The molecular weight excluding hydrogens is 258 g/mol. The van der Waals surface area contributed by atoms with Crippen LogP contribution in [0.1, 0.15) is 0 Å². The van der Waals surface area contributed by atoms with E-state index in [2.05, 4.69) is 21.5 Å². The smallest absolute Gasteiger partial charge is 0.320 e. The fourth-order valence-corrected chi connectivity index (χ4v) is 1.72. The molecule has 6 heteroatoms. The lowest BCUT2D eigenvalue weighted by Gasteiger charge is -2.07. The third kappa shape index (κ3) is 2.72. The second-order valence-corrected chi connectivity index (χ2v) is 3.95. The number of hydrogen-bond acceptors (Lipinski definition) is 3. The molecule has 0 aliphatic heterocycles. The summed E-state index contributed by atoms with van der Waals surface area (Å²) in [6.07, 6.45) is 6.47. The van der Waals surface area contributed by atoms with Gasteiger partial charge in [-0.1, -0.05) is 5.92 Å². The molecule has 0 bridgehead atoms. The zero-order chi connectivity index (χ0) is 14.5. The number of terminal acetylenes is 1. The Bertz CT molecular complexity index is 743. The minimum atomic E-state index is -0.532. The fraction of sp³-hybridized carbons (Fsp3) is 0.143. The van der Waals surface area contributed by atoms with Crippen LogP contribution in [0.2, 0.25) is 0 Å². The maximum Gasteiger partial charge on any atom is 0.320 e. The molecule has 6 nitrogen and oxygen atoms in total. The number of carbonyl (C=O) groups excluding carboxylic acids is 1. The molecule has 2 amide bonds. The van der Waals surface area contributed by atoms with Gasteiger partial charge in [0.05, 0.1) is 19.0 Å². The number of hydrogen-bond donors (Lipinski definition) is 3. The molecule has 0 fully saturated rings. The van der Waals surface area contributed by atoms with Gasteiger partial charge in [-0.15, -0.1) is 6.42 Å². The van der Waals surface area contributed by atoms with E-state index in [-0.39, 0.29) is 17.7 Å². The van der Waals surface area contributed by atoms with Gasteiger partial charge in [-0.2, -0.15) is 0 Å². The van der Waals surface area contributed by atoms with Crippen LogP contribution in [-0.2, 0) is 0 Å². The standard InChI is InChI=1S/C14H13N3O3/c1-3-6-15-14(19)17-12-8-16-11-5-4-9(20-2)7-10(11)13(12)18/h1,4-5,7-8H,6H2,2H3,(H,16,18)(H2,15,17,19). The highest BCUT2D eigenvalue weighted by Crippen LogP contribution is 2.17. The van der Waals surface area contributed by atoms with Crippen molar-refractivity contribution in [3.05, 3.63) is 34.6 Å². The lowest BCUT2D eigenvalue weighted by molar-refractivity contribution is 0.253. The molecule has 0 aliphatic carbocycles. The first-order valence-corrected chi connectivity index (χ1v) is 5.83. The summed E-state index contributed by atoms with van der Waals surface area (Å²) in [6.45, 7) is 0.0884. The largest absolute Gasteiger partial charge is 0.497 e. The Morgan fingerprint density at radius 1 is 1.50 bits per heavy atom. The number of ether oxygens (including phenoxy) is 1. The van der Waals surface area contributed by atoms with Gasteiger partial charge in [-0.05, 0) is 18.2 Å². The van der Waals surface area contributed by atoms with Gasteiger partial charge in [-0.3, -0.25) is 4.79 Å². The molecule has 0 radical (unpaired) electrons. The van der Waals surface area contributed by atoms with Crippen LogP contribution in [0.15, 0.2) is 29.2 Å². The van der Waals surface area contributed by atoms with E-state index in [1.807, 2.05) is 0 Å². The topological polar surface area (TPSA) is 83.2 Å². The minimum Gasteiger partial charge on any atom is -0.497 e. The van der Waals surface area contributed by atoms with Gasteiger partial charge in [0, 0.05) is 11.7 Å². The summed E-state index contributed by atoms with van der Waals surface area (Å²) in [6, 6.07) is 4.55. The molecule has 3 N–H and O–H groups in total. The highest BCUT2D eigenvalue weighted by atomic mass is 16.5. The van der Waals surface area contributed by atoms with Crippen LogP contribution in [0, 0.1) is 12.3 Å². The van der Waals surface area contributed by atoms with E-state index >= 15 is 0 Å². The number of aromatic amines is 1. The first kappa shape index (κ1) is 13.5. The van der Waals surface area contributed by atoms with Gasteiger partial charge >= 0.3 is 6.03 Å². The normalized spacial score (nSPS) is 9.80. The van der Waals surface area contributed by atoms with E-state index in [4.69, 9.17) is 11.2 Å². The molecule has 0 saturated carbocycles. The molecule has 2 rings (SSSR count). The predicted octanol–water partition coefficient (Wildman–Crippen LogP) is 1.29. The number of benzene rings is 1. The van der Waals surface area contributed by atoms with Crippen molar-refractivity contribution in [1.82, 2.24) is 10.3 Å². The SMILES string of the molecule is C#CCNC(=O)Nc1c[nH]c2ccc(OC)cc2c1=O. The number of pyridine rings is 1. The zero-order valence-electron chi connectivity index (χ0n) is 10.8. The van der Waals surface area contributed by atoms with Gasteiger partial charge in [-0.25, -0.2) is 4.79 Å². The van der Waals surface area contributed by atoms with Crippen LogP contribution in [0.5, 0.6) is 5.75 Å². The number of nitrogens with one attached hydrogen (secondary N) is 3. The average Bonchev–Trinajstić information content (AvgIpc) is 2.47. The highest BCUT2D eigenvalue weighted by Gasteiger charge is 2.08. The Labute approximate surface area is 115 Å². The highest BCUT2D eigenvalue weighted by molar-refractivity contribution is 5.92. The molecule has 0 atom stereocenters. The van der Waals surface area contributed by atoms with Crippen LogP contribution in [-0.4, -0.2) is 24.7 Å². The summed E-state index contributed by atoms with van der Waals surface area (Å²) in [5.74, 6) is 2.84. The van der Waals surface area contributed by atoms with Crippen LogP contribution in [0.3, 0.4) is 0 Å². The number of methoxy groups -OCH3 is 1. The van der Waals surface area contributed by atoms with Gasteiger partial charge in [0.25, 0.3) is 0 Å². The van der Waals surface area contributed by atoms with Crippen molar-refractivity contribution in [3.63, 3.8) is 0 Å². The molecular formula is C14H13N3O3. The van der Waals surface area contributed by atoms with Crippen molar-refractivity contribution < 1.29 is 9.53 Å². The Hall–Kier alpha value is -2.94. The molecule has 1 aromatic heterocycles. The number of amides is 2. The molecule has 102 valence electrons. The van der Waals surface area contributed by atoms with Crippen molar-refractivity contribution in [2.24, 2.45) is 0 Å². The number of anilines is 1. The van der Waals surface area contributed by atoms with Crippen molar-refractivity contribution in [2.75, 3.05) is 19.0 Å². The summed E-state index contributed by atoms with van der Waals surface area (Å²) in [7, 11) is 1.52. The maximum atomic E-state index is 12.2. The first-order chi connectivity index (χ1) is 9.65. The molecule has 0 unspecified atom stereocenters. The first-order valence-electron chi connectivity index (χ1n) is 5.83. The quantitative estimate of drug-likeness (QED) is 0.736. The van der Waals surface area contributed by atoms with Gasteiger partial charge < -0.3 is 20.4 Å². The van der Waals surface area contributed by atoms with E-state index < -0.39 is 6.03 Å². The number of aromatic nitrogens is 1. The number of fused-ring (bicyclic) bond motifs is 1. The van der Waals surface area contributed by atoms with Gasteiger partial charge in [0.2, 0.25) is 5.43 Å². The van der Waals surface area contributed by atoms with Crippen molar-refractivity contribution in [1.29, 1.82) is 0 Å². The molecule has 2 aromatic rings. The number of rotatable bonds is 3. The van der Waals surface area contributed by atoms with E-state index in [9.17, 15) is 9.59 Å². The third-order valence-electron chi connectivity index (χ3n) is 2.69. The van der Waals surface area contributed by atoms with Crippen LogP contribution >= 0.6 is 0 Å². The molecule has 1 heterocycles. The zero-order valence-corrected chi connectivity index (χ0v) is 10.8. The summed E-state index contributed by atoms with van der Waals surface area (Å²) in [4.78, 5) is 26.7. The summed E-state index contributed by atoms with van der Waals surface area (Å²) in [5.41, 5.74) is 0.499. The van der Waals surface area contributed by atoms with Gasteiger partial charge in [0.15, 0.2) is 0 Å². The molecule has 0 aliphatic rings. The van der Waals surface area contributed by atoms with Crippen molar-refractivity contribution >= 4 is 22.6 Å². The van der Waals surface area contributed by atoms with Crippen molar-refractivity contribution in [3.8, 4) is 18.1 Å². The monoisotopic (exact) mass is 271 g/mol. The fourth-order valence-electron chi connectivity index (χ4n) is 1.72. The summed E-state index contributed by atoms with van der Waals surface area (Å²) >= 11 is 0. The van der Waals surface area contributed by atoms with Crippen LogP contribution < -0.4 is 20.8 Å². The Morgan fingerprint density at radius 3 is 3.00 bits per heavy atom. The molecule has 0 spiro atoms. The van der Waals surface area contributed by atoms with E-state index in [0.29, 0.717) is 16.7 Å². The number of H-pyrrole nitrogens is 1. The minimum absolute atomic E-state index is 0.0884. The second-order valence-electron chi connectivity index (χ2n) is 3.95. The second kappa shape index (κ2) is 5.80. The van der Waals surface area contributed by atoms with E-state index in [0.717, 1.165) is 0 Å². The van der Waals surface area contributed by atoms with Crippen molar-refractivity contribution in [2.45, 2.75) is 0 Å². The number of urea groups is 1. The summed E-state index contributed by atoms with van der Waals surface area (Å²) in [5, 5.41) is 5.29. The summed E-state index contributed by atoms with van der Waals surface area (Å²) < 4.78 is 5.08. The maximum absolute atomic E-state index is 12.2. The third-order valence-corrected chi connectivity index (χ3v) is 2.69. The lowest BCUT2D eigenvalue weighted by atomic mass is 10.2. The van der Waals surface area contributed by atoms with Gasteiger partial charge in [0.1, 0.15) is 11.4 Å². The van der Waals surface area contributed by atoms with E-state index in [1.54, 1.807) is 18.2 Å². The Kier molecular flexibility index (Phi) is 3.91. The Morgan fingerprint density at radius 2 is 2.30 bits per heavy atom. The molecule has 1 aromatic carbocycles.